The maximum atomic E-state index is 5.95. The van der Waals surface area contributed by atoms with Crippen molar-refractivity contribution in [3.8, 4) is 5.75 Å². The molecule has 18 heavy (non-hydrogen) atoms. The molecule has 0 spiro atoms. The van der Waals surface area contributed by atoms with Crippen LogP contribution in [0.3, 0.4) is 0 Å². The molecule has 0 aliphatic carbocycles. The van der Waals surface area contributed by atoms with Gasteiger partial charge in [0, 0.05) is 30.4 Å². The molecule has 0 fully saturated rings. The molecule has 1 aromatic carbocycles. The standard InChI is InChI=1S/C15H20N2O/c1-10-6-11(2)15(18-3)13(7-10)14(8-16)12-4-5-17-9-12/h4-7,9,14,17H,8,16H2,1-3H3. The third kappa shape index (κ3) is 2.27. The van der Waals surface area contributed by atoms with Crippen molar-refractivity contribution in [3.05, 3.63) is 52.8 Å². The summed E-state index contributed by atoms with van der Waals surface area (Å²) in [5, 5.41) is 0. The molecule has 0 amide bonds. The molecule has 3 heteroatoms. The number of aromatic amines is 1. The maximum absolute atomic E-state index is 5.95. The van der Waals surface area contributed by atoms with Gasteiger partial charge in [-0.05, 0) is 31.0 Å². The number of rotatable bonds is 4. The minimum absolute atomic E-state index is 0.171. The molecule has 1 atom stereocenters. The van der Waals surface area contributed by atoms with Gasteiger partial charge in [0.25, 0.3) is 0 Å². The fraction of sp³-hybridized carbons (Fsp3) is 0.333. The van der Waals surface area contributed by atoms with E-state index in [1.54, 1.807) is 7.11 Å². The number of hydrogen-bond donors (Lipinski definition) is 2. The molecular weight excluding hydrogens is 224 g/mol. The van der Waals surface area contributed by atoms with Crippen LogP contribution in [0.5, 0.6) is 5.75 Å². The van der Waals surface area contributed by atoms with Crippen molar-refractivity contribution in [1.82, 2.24) is 4.98 Å². The van der Waals surface area contributed by atoms with Crippen molar-refractivity contribution >= 4 is 0 Å². The molecule has 2 rings (SSSR count). The summed E-state index contributed by atoms with van der Waals surface area (Å²) in [6, 6.07) is 6.36. The lowest BCUT2D eigenvalue weighted by Crippen LogP contribution is -2.15. The Bertz CT molecular complexity index is 518. The number of benzene rings is 1. The van der Waals surface area contributed by atoms with Gasteiger partial charge in [-0.25, -0.2) is 0 Å². The van der Waals surface area contributed by atoms with E-state index in [2.05, 4.69) is 37.0 Å². The first-order valence-corrected chi connectivity index (χ1v) is 6.15. The van der Waals surface area contributed by atoms with Gasteiger partial charge < -0.3 is 15.5 Å². The van der Waals surface area contributed by atoms with Gasteiger partial charge >= 0.3 is 0 Å². The topological polar surface area (TPSA) is 51.0 Å². The molecule has 3 N–H and O–H groups in total. The van der Waals surface area contributed by atoms with Crippen LogP contribution in [0.2, 0.25) is 0 Å². The first-order valence-electron chi connectivity index (χ1n) is 6.15. The highest BCUT2D eigenvalue weighted by Gasteiger charge is 2.19. The summed E-state index contributed by atoms with van der Waals surface area (Å²) in [5.74, 6) is 1.11. The first kappa shape index (κ1) is 12.7. The second kappa shape index (κ2) is 5.27. The highest BCUT2D eigenvalue weighted by atomic mass is 16.5. The lowest BCUT2D eigenvalue weighted by molar-refractivity contribution is 0.404. The Hall–Kier alpha value is -1.74. The van der Waals surface area contributed by atoms with Crippen LogP contribution >= 0.6 is 0 Å². The molecule has 1 heterocycles. The second-order valence-electron chi connectivity index (χ2n) is 4.64. The van der Waals surface area contributed by atoms with Crippen LogP contribution < -0.4 is 10.5 Å². The second-order valence-corrected chi connectivity index (χ2v) is 4.64. The number of ether oxygens (including phenoxy) is 1. The Morgan fingerprint density at radius 2 is 2.11 bits per heavy atom. The predicted octanol–water partition coefficient (Wildman–Crippen LogP) is 2.73. The molecule has 0 saturated heterocycles. The number of aryl methyl sites for hydroxylation is 2. The molecule has 0 aliphatic rings. The Morgan fingerprint density at radius 3 is 2.67 bits per heavy atom. The molecule has 0 bridgehead atoms. The largest absolute Gasteiger partial charge is 0.496 e. The zero-order valence-corrected chi connectivity index (χ0v) is 11.2. The van der Waals surface area contributed by atoms with Gasteiger partial charge in [0.15, 0.2) is 0 Å². The number of methoxy groups -OCH3 is 1. The smallest absolute Gasteiger partial charge is 0.125 e. The maximum Gasteiger partial charge on any atom is 0.125 e. The van der Waals surface area contributed by atoms with Gasteiger partial charge in [-0.2, -0.15) is 0 Å². The SMILES string of the molecule is COc1c(C)cc(C)cc1C(CN)c1cc[nH]c1. The third-order valence-corrected chi connectivity index (χ3v) is 3.29. The summed E-state index contributed by atoms with van der Waals surface area (Å²) in [6.45, 7) is 4.73. The summed E-state index contributed by atoms with van der Waals surface area (Å²) in [6.07, 6.45) is 3.92. The van der Waals surface area contributed by atoms with E-state index in [-0.39, 0.29) is 5.92 Å². The van der Waals surface area contributed by atoms with E-state index in [0.29, 0.717) is 6.54 Å². The van der Waals surface area contributed by atoms with E-state index in [9.17, 15) is 0 Å². The van der Waals surface area contributed by atoms with E-state index < -0.39 is 0 Å². The van der Waals surface area contributed by atoms with Gasteiger partial charge in [-0.15, -0.1) is 0 Å². The van der Waals surface area contributed by atoms with Crippen molar-refractivity contribution in [2.75, 3.05) is 13.7 Å². The van der Waals surface area contributed by atoms with Crippen molar-refractivity contribution < 1.29 is 4.74 Å². The van der Waals surface area contributed by atoms with E-state index in [1.165, 1.54) is 11.1 Å². The van der Waals surface area contributed by atoms with Gasteiger partial charge in [0.2, 0.25) is 0 Å². The monoisotopic (exact) mass is 244 g/mol. The predicted molar refractivity (Wildman–Crippen MR) is 74.2 cm³/mol. The fourth-order valence-electron chi connectivity index (χ4n) is 2.52. The highest BCUT2D eigenvalue weighted by molar-refractivity contribution is 5.48. The van der Waals surface area contributed by atoms with Gasteiger partial charge in [0.05, 0.1) is 7.11 Å². The number of nitrogens with one attached hydrogen (secondary N) is 1. The van der Waals surface area contributed by atoms with Gasteiger partial charge in [-0.3, -0.25) is 0 Å². The van der Waals surface area contributed by atoms with Crippen LogP contribution in [0.25, 0.3) is 0 Å². The number of aromatic nitrogens is 1. The van der Waals surface area contributed by atoms with Crippen molar-refractivity contribution in [3.63, 3.8) is 0 Å². The molecule has 3 nitrogen and oxygen atoms in total. The third-order valence-electron chi connectivity index (χ3n) is 3.29. The Kier molecular flexibility index (Phi) is 3.72. The molecule has 0 radical (unpaired) electrons. The zero-order valence-electron chi connectivity index (χ0n) is 11.2. The molecule has 0 saturated carbocycles. The summed E-state index contributed by atoms with van der Waals surface area (Å²) < 4.78 is 5.55. The molecule has 0 aliphatic heterocycles. The lowest BCUT2D eigenvalue weighted by Gasteiger charge is -2.20. The Morgan fingerprint density at radius 1 is 1.33 bits per heavy atom. The average molecular weight is 244 g/mol. The number of nitrogens with two attached hydrogens (primary N) is 1. The van der Waals surface area contributed by atoms with Crippen molar-refractivity contribution in [2.45, 2.75) is 19.8 Å². The molecule has 1 unspecified atom stereocenters. The first-order chi connectivity index (χ1) is 8.67. The van der Waals surface area contributed by atoms with Crippen LogP contribution in [0, 0.1) is 13.8 Å². The van der Waals surface area contributed by atoms with E-state index in [1.807, 2.05) is 12.4 Å². The quantitative estimate of drug-likeness (QED) is 0.868. The van der Waals surface area contributed by atoms with Crippen LogP contribution in [0.15, 0.2) is 30.6 Å². The van der Waals surface area contributed by atoms with Gasteiger partial charge in [0.1, 0.15) is 5.75 Å². The van der Waals surface area contributed by atoms with Crippen LogP contribution in [-0.2, 0) is 0 Å². The Balaban J connectivity index is 2.54. The summed E-state index contributed by atoms with van der Waals surface area (Å²) in [7, 11) is 1.71. The van der Waals surface area contributed by atoms with Crippen LogP contribution in [-0.4, -0.2) is 18.6 Å². The van der Waals surface area contributed by atoms with Crippen molar-refractivity contribution in [2.24, 2.45) is 5.73 Å². The molecule has 2 aromatic rings. The number of H-pyrrole nitrogens is 1. The molecule has 1 aromatic heterocycles. The fourth-order valence-corrected chi connectivity index (χ4v) is 2.52. The molecule has 96 valence electrons. The van der Waals surface area contributed by atoms with Crippen LogP contribution in [0.1, 0.15) is 28.2 Å². The minimum atomic E-state index is 0.171. The summed E-state index contributed by atoms with van der Waals surface area (Å²) in [5.41, 5.74) is 10.7. The van der Waals surface area contributed by atoms with Gasteiger partial charge in [-0.1, -0.05) is 17.7 Å². The molecular formula is C15H20N2O. The summed E-state index contributed by atoms with van der Waals surface area (Å²) in [4.78, 5) is 3.08. The van der Waals surface area contributed by atoms with E-state index in [0.717, 1.165) is 16.9 Å². The minimum Gasteiger partial charge on any atom is -0.496 e. The Labute approximate surface area is 108 Å². The van der Waals surface area contributed by atoms with E-state index in [4.69, 9.17) is 10.5 Å². The van der Waals surface area contributed by atoms with E-state index >= 15 is 0 Å². The number of hydrogen-bond acceptors (Lipinski definition) is 2. The zero-order chi connectivity index (χ0) is 13.1. The normalized spacial score (nSPS) is 12.4. The van der Waals surface area contributed by atoms with Crippen LogP contribution in [0.4, 0.5) is 0 Å². The summed E-state index contributed by atoms with van der Waals surface area (Å²) >= 11 is 0. The van der Waals surface area contributed by atoms with Crippen molar-refractivity contribution in [1.29, 1.82) is 0 Å². The highest BCUT2D eigenvalue weighted by Crippen LogP contribution is 2.34. The lowest BCUT2D eigenvalue weighted by atomic mass is 9.90. The average Bonchev–Trinajstić information content (AvgIpc) is 2.83.